The highest BCUT2D eigenvalue weighted by Gasteiger charge is 2.16. The topological polar surface area (TPSA) is 56.2 Å². The summed E-state index contributed by atoms with van der Waals surface area (Å²) in [6.07, 6.45) is 1.78. The minimum atomic E-state index is 0.651. The van der Waals surface area contributed by atoms with Crippen molar-refractivity contribution >= 4 is 22.1 Å². The summed E-state index contributed by atoms with van der Waals surface area (Å²) >= 11 is 1.57. The highest BCUT2D eigenvalue weighted by atomic mass is 32.1. The van der Waals surface area contributed by atoms with Crippen LogP contribution in [0.4, 0.5) is 5.82 Å². The molecule has 102 valence electrons. The normalized spacial score (nSPS) is 11.0. The molecule has 0 aliphatic carbocycles. The van der Waals surface area contributed by atoms with Gasteiger partial charge in [0.25, 0.3) is 0 Å². The van der Waals surface area contributed by atoms with Gasteiger partial charge in [-0.05, 0) is 12.1 Å². The van der Waals surface area contributed by atoms with E-state index in [4.69, 9.17) is 5.73 Å². The Bertz CT molecular complexity index is 894. The summed E-state index contributed by atoms with van der Waals surface area (Å²) in [6, 6.07) is 15.8. The molecule has 3 heterocycles. The van der Waals surface area contributed by atoms with Gasteiger partial charge in [0, 0.05) is 17.1 Å². The standard InChI is InChI=1S/C16H12N4S/c17-15-14(11-6-2-1-3-7-11)19-16-20(15)13(10-21-16)12-8-4-5-9-18-12/h1-10H,17H2. The number of nitrogen functional groups attached to an aromatic ring is 1. The zero-order valence-corrected chi connectivity index (χ0v) is 11.9. The van der Waals surface area contributed by atoms with Gasteiger partial charge in [-0.25, -0.2) is 4.98 Å². The van der Waals surface area contributed by atoms with Crippen molar-refractivity contribution in [3.05, 3.63) is 60.1 Å². The first-order valence-electron chi connectivity index (χ1n) is 6.57. The van der Waals surface area contributed by atoms with Crippen LogP contribution in [0.1, 0.15) is 0 Å². The number of nitrogens with two attached hydrogens (primary N) is 1. The van der Waals surface area contributed by atoms with Crippen LogP contribution in [0.5, 0.6) is 0 Å². The molecular weight excluding hydrogens is 280 g/mol. The molecule has 0 aliphatic heterocycles. The third kappa shape index (κ3) is 1.90. The first kappa shape index (κ1) is 12.1. The number of nitrogens with zero attached hydrogens (tertiary/aromatic N) is 3. The van der Waals surface area contributed by atoms with Crippen LogP contribution in [-0.4, -0.2) is 14.4 Å². The maximum atomic E-state index is 6.33. The van der Waals surface area contributed by atoms with Gasteiger partial charge in [-0.15, -0.1) is 11.3 Å². The second-order valence-corrected chi connectivity index (χ2v) is 5.50. The Morgan fingerprint density at radius 2 is 1.81 bits per heavy atom. The van der Waals surface area contributed by atoms with Gasteiger partial charge in [0.2, 0.25) is 0 Å². The van der Waals surface area contributed by atoms with Gasteiger partial charge in [-0.1, -0.05) is 36.4 Å². The second-order valence-electron chi connectivity index (χ2n) is 4.67. The molecule has 0 aliphatic rings. The van der Waals surface area contributed by atoms with Crippen molar-refractivity contribution in [2.24, 2.45) is 0 Å². The van der Waals surface area contributed by atoms with Crippen molar-refractivity contribution in [2.45, 2.75) is 0 Å². The molecule has 0 saturated carbocycles. The Morgan fingerprint density at radius 3 is 2.57 bits per heavy atom. The maximum absolute atomic E-state index is 6.33. The van der Waals surface area contributed by atoms with Gasteiger partial charge < -0.3 is 5.73 Å². The van der Waals surface area contributed by atoms with E-state index in [1.807, 2.05) is 58.3 Å². The SMILES string of the molecule is Nc1c(-c2ccccc2)nc2scc(-c3ccccn3)n12. The van der Waals surface area contributed by atoms with Gasteiger partial charge in [0.05, 0.1) is 11.4 Å². The van der Waals surface area contributed by atoms with Crippen molar-refractivity contribution in [3.63, 3.8) is 0 Å². The van der Waals surface area contributed by atoms with Crippen molar-refractivity contribution in [3.8, 4) is 22.6 Å². The fraction of sp³-hybridized carbons (Fsp3) is 0. The van der Waals surface area contributed by atoms with Crippen molar-refractivity contribution in [1.29, 1.82) is 0 Å². The molecule has 0 unspecified atom stereocenters. The Labute approximate surface area is 125 Å². The first-order valence-corrected chi connectivity index (χ1v) is 7.45. The van der Waals surface area contributed by atoms with E-state index < -0.39 is 0 Å². The number of anilines is 1. The van der Waals surface area contributed by atoms with Crippen LogP contribution in [0.2, 0.25) is 0 Å². The van der Waals surface area contributed by atoms with E-state index in [-0.39, 0.29) is 0 Å². The van der Waals surface area contributed by atoms with E-state index in [1.165, 1.54) is 0 Å². The number of hydrogen-bond donors (Lipinski definition) is 1. The monoisotopic (exact) mass is 292 g/mol. The molecule has 0 radical (unpaired) electrons. The molecule has 1 aromatic carbocycles. The molecule has 21 heavy (non-hydrogen) atoms. The van der Waals surface area contributed by atoms with Gasteiger partial charge >= 0.3 is 0 Å². The van der Waals surface area contributed by atoms with Crippen molar-refractivity contribution in [2.75, 3.05) is 5.73 Å². The zero-order chi connectivity index (χ0) is 14.2. The van der Waals surface area contributed by atoms with E-state index in [9.17, 15) is 0 Å². The average molecular weight is 292 g/mol. The number of aromatic nitrogens is 3. The number of rotatable bonds is 2. The van der Waals surface area contributed by atoms with E-state index in [0.29, 0.717) is 5.82 Å². The molecule has 2 N–H and O–H groups in total. The minimum absolute atomic E-state index is 0.651. The third-order valence-corrected chi connectivity index (χ3v) is 4.20. The molecule has 0 atom stereocenters. The third-order valence-electron chi connectivity index (χ3n) is 3.37. The molecule has 0 bridgehead atoms. The second kappa shape index (κ2) is 4.71. The molecule has 0 saturated heterocycles. The van der Waals surface area contributed by atoms with Crippen LogP contribution in [0.3, 0.4) is 0 Å². The van der Waals surface area contributed by atoms with Crippen LogP contribution < -0.4 is 5.73 Å². The summed E-state index contributed by atoms with van der Waals surface area (Å²) < 4.78 is 1.97. The quantitative estimate of drug-likeness (QED) is 0.613. The number of benzene rings is 1. The molecule has 5 heteroatoms. The number of imidazole rings is 1. The largest absolute Gasteiger partial charge is 0.383 e. The Kier molecular flexibility index (Phi) is 2.72. The summed E-state index contributed by atoms with van der Waals surface area (Å²) in [7, 11) is 0. The molecule has 0 spiro atoms. The average Bonchev–Trinajstić information content (AvgIpc) is 3.10. The molecule has 4 nitrogen and oxygen atoms in total. The summed E-state index contributed by atoms with van der Waals surface area (Å²) in [5, 5.41) is 2.04. The summed E-state index contributed by atoms with van der Waals surface area (Å²) in [4.78, 5) is 9.94. The lowest BCUT2D eigenvalue weighted by Crippen LogP contribution is -1.96. The van der Waals surface area contributed by atoms with Crippen molar-refractivity contribution < 1.29 is 0 Å². The lowest BCUT2D eigenvalue weighted by atomic mass is 10.1. The molecule has 4 rings (SSSR count). The molecule has 3 aromatic heterocycles. The lowest BCUT2D eigenvalue weighted by Gasteiger charge is -2.02. The zero-order valence-electron chi connectivity index (χ0n) is 11.1. The highest BCUT2D eigenvalue weighted by molar-refractivity contribution is 7.15. The van der Waals surface area contributed by atoms with Crippen LogP contribution in [0.15, 0.2) is 60.1 Å². The Hall–Kier alpha value is -2.66. The fourth-order valence-electron chi connectivity index (χ4n) is 2.38. The van der Waals surface area contributed by atoms with E-state index in [0.717, 1.165) is 27.6 Å². The lowest BCUT2D eigenvalue weighted by molar-refractivity contribution is 1.20. The maximum Gasteiger partial charge on any atom is 0.196 e. The van der Waals surface area contributed by atoms with E-state index in [1.54, 1.807) is 17.5 Å². The smallest absolute Gasteiger partial charge is 0.196 e. The summed E-state index contributed by atoms with van der Waals surface area (Å²) in [6.45, 7) is 0. The number of fused-ring (bicyclic) bond motifs is 1. The van der Waals surface area contributed by atoms with E-state index in [2.05, 4.69) is 9.97 Å². The van der Waals surface area contributed by atoms with Crippen molar-refractivity contribution in [1.82, 2.24) is 14.4 Å². The summed E-state index contributed by atoms with van der Waals surface area (Å²) in [5.74, 6) is 0.651. The van der Waals surface area contributed by atoms with Gasteiger partial charge in [0.15, 0.2) is 4.96 Å². The Morgan fingerprint density at radius 1 is 1.00 bits per heavy atom. The molecular formula is C16H12N4S. The van der Waals surface area contributed by atoms with Crippen LogP contribution >= 0.6 is 11.3 Å². The predicted octanol–water partition coefficient (Wildman–Crippen LogP) is 3.71. The van der Waals surface area contributed by atoms with Crippen LogP contribution in [-0.2, 0) is 0 Å². The highest BCUT2D eigenvalue weighted by Crippen LogP contribution is 2.33. The van der Waals surface area contributed by atoms with Gasteiger partial charge in [0.1, 0.15) is 11.5 Å². The number of hydrogen-bond acceptors (Lipinski definition) is 4. The van der Waals surface area contributed by atoms with Gasteiger partial charge in [-0.3, -0.25) is 9.38 Å². The summed E-state index contributed by atoms with van der Waals surface area (Å²) in [5.41, 5.74) is 10.0. The number of thiazole rings is 1. The number of pyridine rings is 1. The van der Waals surface area contributed by atoms with Gasteiger partial charge in [-0.2, -0.15) is 0 Å². The van der Waals surface area contributed by atoms with Crippen LogP contribution in [0, 0.1) is 0 Å². The first-order chi connectivity index (χ1) is 10.3. The van der Waals surface area contributed by atoms with E-state index >= 15 is 0 Å². The molecule has 0 amide bonds. The fourth-order valence-corrected chi connectivity index (χ4v) is 3.27. The molecule has 0 fully saturated rings. The minimum Gasteiger partial charge on any atom is -0.383 e. The predicted molar refractivity (Wildman–Crippen MR) is 86.1 cm³/mol. The Balaban J connectivity index is 1.95. The molecule has 4 aromatic rings. The van der Waals surface area contributed by atoms with Crippen LogP contribution in [0.25, 0.3) is 27.6 Å².